The van der Waals surface area contributed by atoms with Crippen molar-refractivity contribution in [3.8, 4) is 5.75 Å². The van der Waals surface area contributed by atoms with Gasteiger partial charge in [-0.1, -0.05) is 6.92 Å². The molecule has 0 fully saturated rings. The summed E-state index contributed by atoms with van der Waals surface area (Å²) in [6.07, 6.45) is 0.667. The van der Waals surface area contributed by atoms with E-state index < -0.39 is 28.6 Å². The molecule has 1 atom stereocenters. The summed E-state index contributed by atoms with van der Waals surface area (Å²) in [4.78, 5) is 44.6. The summed E-state index contributed by atoms with van der Waals surface area (Å²) in [6.45, 7) is 5.26. The number of hydrogen-bond donors (Lipinski definition) is 2. The molecule has 0 aliphatic carbocycles. The molecule has 1 aromatic heterocycles. The zero-order valence-electron chi connectivity index (χ0n) is 23.4. The molecule has 0 saturated heterocycles. The largest absolute Gasteiger partial charge is 0.493 e. The zero-order valence-corrected chi connectivity index (χ0v) is 24.3. The van der Waals surface area contributed by atoms with Gasteiger partial charge in [0.05, 0.1) is 30.3 Å². The molecule has 14 heteroatoms. The fourth-order valence-corrected chi connectivity index (χ4v) is 5.26. The van der Waals surface area contributed by atoms with Crippen molar-refractivity contribution < 1.29 is 27.5 Å². The number of ether oxygens (including phenoxy) is 1. The number of amides is 3. The van der Waals surface area contributed by atoms with E-state index >= 15 is 0 Å². The highest BCUT2D eigenvalue weighted by atomic mass is 32.2. The minimum absolute atomic E-state index is 0.0827. The highest BCUT2D eigenvalue weighted by Crippen LogP contribution is 2.31. The lowest BCUT2D eigenvalue weighted by molar-refractivity contribution is -0.137. The van der Waals surface area contributed by atoms with E-state index in [1.54, 1.807) is 32.6 Å². The van der Waals surface area contributed by atoms with E-state index in [0.29, 0.717) is 41.6 Å². The fraction of sp³-hybridized carbons (Fsp3) is 0.520. The number of carbonyl (C=O) groups excluding carboxylic acids is 3. The van der Waals surface area contributed by atoms with Crippen molar-refractivity contribution in [2.75, 3.05) is 53.3 Å². The van der Waals surface area contributed by atoms with Gasteiger partial charge in [-0.15, -0.1) is 0 Å². The molecule has 0 saturated carbocycles. The third kappa shape index (κ3) is 6.33. The van der Waals surface area contributed by atoms with E-state index in [0.717, 1.165) is 10.7 Å². The van der Waals surface area contributed by atoms with Crippen LogP contribution >= 0.6 is 0 Å². The van der Waals surface area contributed by atoms with Gasteiger partial charge in [-0.05, 0) is 38.5 Å². The molecule has 2 heterocycles. The van der Waals surface area contributed by atoms with Crippen LogP contribution in [-0.2, 0) is 26.0 Å². The Kier molecular flexibility index (Phi) is 9.22. The monoisotopic (exact) mass is 563 g/mol. The average molecular weight is 564 g/mol. The standard InChI is InChI=1S/C25H37N7O6S/c1-8-10-20-26-16(3)23-25(35)27-24(28-32(20)23)18-13-17(11-12-19(18)38-9-2)39(36,37)31(7)15-22(34)30(6)14-21(33)29(4)5/h11-13,24,28H,8-10,14-15H2,1-7H3,(H,27,35). The third-order valence-corrected chi connectivity index (χ3v) is 8.10. The first-order valence-corrected chi connectivity index (χ1v) is 14.1. The molecule has 214 valence electrons. The maximum Gasteiger partial charge on any atom is 0.273 e. The first-order chi connectivity index (χ1) is 18.3. The van der Waals surface area contributed by atoms with E-state index in [1.807, 2.05) is 6.92 Å². The smallest absolute Gasteiger partial charge is 0.273 e. The number of aromatic nitrogens is 2. The Morgan fingerprint density at radius 2 is 1.79 bits per heavy atom. The van der Waals surface area contributed by atoms with Crippen molar-refractivity contribution in [2.24, 2.45) is 0 Å². The first-order valence-electron chi connectivity index (χ1n) is 12.6. The van der Waals surface area contributed by atoms with Crippen LogP contribution in [0.15, 0.2) is 23.1 Å². The topological polar surface area (TPSA) is 146 Å². The number of aryl methyl sites for hydroxylation is 2. The number of likely N-dealkylation sites (N-methyl/N-ethyl adjacent to an activating group) is 3. The van der Waals surface area contributed by atoms with Crippen molar-refractivity contribution >= 4 is 27.7 Å². The van der Waals surface area contributed by atoms with E-state index in [-0.39, 0.29) is 23.3 Å². The quantitative estimate of drug-likeness (QED) is 0.406. The van der Waals surface area contributed by atoms with E-state index in [4.69, 9.17) is 4.74 Å². The lowest BCUT2D eigenvalue weighted by atomic mass is 10.1. The maximum atomic E-state index is 13.4. The second kappa shape index (κ2) is 12.0. The van der Waals surface area contributed by atoms with Crippen molar-refractivity contribution in [2.45, 2.75) is 44.7 Å². The summed E-state index contributed by atoms with van der Waals surface area (Å²) in [5.74, 6) is -0.0724. The Morgan fingerprint density at radius 3 is 2.41 bits per heavy atom. The molecule has 13 nitrogen and oxygen atoms in total. The number of fused-ring (bicyclic) bond motifs is 1. The van der Waals surface area contributed by atoms with Crippen LogP contribution in [0.2, 0.25) is 0 Å². The van der Waals surface area contributed by atoms with Gasteiger partial charge in [0, 0.05) is 40.2 Å². The minimum Gasteiger partial charge on any atom is -0.493 e. The van der Waals surface area contributed by atoms with Crippen LogP contribution in [0.4, 0.5) is 0 Å². The average Bonchev–Trinajstić information content (AvgIpc) is 3.19. The number of imidazole rings is 1. The number of hydrogen-bond acceptors (Lipinski definition) is 8. The second-order valence-electron chi connectivity index (χ2n) is 9.51. The van der Waals surface area contributed by atoms with Gasteiger partial charge in [0.2, 0.25) is 21.8 Å². The van der Waals surface area contributed by atoms with E-state index in [9.17, 15) is 22.8 Å². The molecule has 0 spiro atoms. The number of benzene rings is 1. The molecule has 0 bridgehead atoms. The normalized spacial score (nSPS) is 14.9. The summed E-state index contributed by atoms with van der Waals surface area (Å²) < 4.78 is 35.2. The molecule has 3 rings (SSSR count). The molecule has 1 aromatic carbocycles. The molecule has 3 amide bonds. The van der Waals surface area contributed by atoms with Crippen molar-refractivity contribution in [1.82, 2.24) is 29.1 Å². The van der Waals surface area contributed by atoms with Gasteiger partial charge in [0.15, 0.2) is 5.69 Å². The Labute approximate surface area is 229 Å². The zero-order chi connectivity index (χ0) is 29.1. The van der Waals surface area contributed by atoms with Crippen LogP contribution in [0.3, 0.4) is 0 Å². The van der Waals surface area contributed by atoms with Gasteiger partial charge in [0.25, 0.3) is 5.91 Å². The number of rotatable bonds is 11. The number of sulfonamides is 1. The van der Waals surface area contributed by atoms with Gasteiger partial charge in [-0.25, -0.2) is 18.1 Å². The van der Waals surface area contributed by atoms with Gasteiger partial charge >= 0.3 is 0 Å². The molecule has 39 heavy (non-hydrogen) atoms. The van der Waals surface area contributed by atoms with Gasteiger partial charge in [-0.2, -0.15) is 4.31 Å². The van der Waals surface area contributed by atoms with E-state index in [1.165, 1.54) is 42.1 Å². The predicted octanol–water partition coefficient (Wildman–Crippen LogP) is 0.696. The summed E-state index contributed by atoms with van der Waals surface area (Å²) in [6, 6.07) is 4.34. The van der Waals surface area contributed by atoms with Crippen molar-refractivity contribution in [1.29, 1.82) is 0 Å². The fourth-order valence-electron chi connectivity index (χ4n) is 4.10. The van der Waals surface area contributed by atoms with Crippen LogP contribution in [-0.4, -0.2) is 97.8 Å². The lowest BCUT2D eigenvalue weighted by Gasteiger charge is -2.30. The molecule has 2 aromatic rings. The molecule has 0 radical (unpaired) electrons. The molecule has 1 aliphatic heterocycles. The summed E-state index contributed by atoms with van der Waals surface area (Å²) >= 11 is 0. The SMILES string of the molecule is CCCc1nc(C)c2n1NC(c1cc(S(=O)(=O)N(C)CC(=O)N(C)CC(=O)N(C)C)ccc1OCC)NC2=O. The van der Waals surface area contributed by atoms with Crippen molar-refractivity contribution in [3.63, 3.8) is 0 Å². The van der Waals surface area contributed by atoms with Crippen molar-refractivity contribution in [3.05, 3.63) is 41.0 Å². The third-order valence-electron chi connectivity index (χ3n) is 6.30. The Bertz CT molecular complexity index is 1350. The summed E-state index contributed by atoms with van der Waals surface area (Å²) in [5, 5.41) is 2.87. The maximum absolute atomic E-state index is 13.4. The van der Waals surface area contributed by atoms with Crippen LogP contribution in [0.25, 0.3) is 0 Å². The van der Waals surface area contributed by atoms with Gasteiger partial charge in [0.1, 0.15) is 17.7 Å². The summed E-state index contributed by atoms with van der Waals surface area (Å²) in [7, 11) is 1.76. The van der Waals surface area contributed by atoms with Crippen LogP contribution < -0.4 is 15.5 Å². The summed E-state index contributed by atoms with van der Waals surface area (Å²) in [5.41, 5.74) is 4.62. The first kappa shape index (κ1) is 29.9. The predicted molar refractivity (Wildman–Crippen MR) is 144 cm³/mol. The Hall–Kier alpha value is -3.65. The number of carbonyl (C=O) groups is 3. The van der Waals surface area contributed by atoms with E-state index in [2.05, 4.69) is 15.7 Å². The minimum atomic E-state index is -4.12. The van der Waals surface area contributed by atoms with Gasteiger partial charge in [-0.3, -0.25) is 19.8 Å². The highest BCUT2D eigenvalue weighted by Gasteiger charge is 2.33. The molecular formula is C25H37N7O6S. The lowest BCUT2D eigenvalue weighted by Crippen LogP contribution is -2.45. The van der Waals surface area contributed by atoms with Crippen LogP contribution in [0.5, 0.6) is 5.75 Å². The number of nitrogens with one attached hydrogen (secondary N) is 2. The highest BCUT2D eigenvalue weighted by molar-refractivity contribution is 7.89. The molecule has 2 N–H and O–H groups in total. The molecule has 1 unspecified atom stereocenters. The Morgan fingerprint density at radius 1 is 1.10 bits per heavy atom. The van der Waals surface area contributed by atoms with Gasteiger partial charge < -0.3 is 19.9 Å². The molecular weight excluding hydrogens is 526 g/mol. The Balaban J connectivity index is 1.91. The van der Waals surface area contributed by atoms with Crippen LogP contribution in [0, 0.1) is 6.92 Å². The second-order valence-corrected chi connectivity index (χ2v) is 11.6. The van der Waals surface area contributed by atoms with Crippen LogP contribution in [0.1, 0.15) is 54.0 Å². The molecule has 1 aliphatic rings. The number of nitrogens with zero attached hydrogens (tertiary/aromatic N) is 5.